The van der Waals surface area contributed by atoms with Crippen molar-refractivity contribution < 1.29 is 19.8 Å². The maximum Gasteiger partial charge on any atom is 0.337 e. The Morgan fingerprint density at radius 2 is 2.12 bits per heavy atom. The van der Waals surface area contributed by atoms with Gasteiger partial charge in [0.1, 0.15) is 5.41 Å². The van der Waals surface area contributed by atoms with E-state index in [9.17, 15) is 14.7 Å². The second-order valence-electron chi connectivity index (χ2n) is 4.44. The number of carboxylic acids is 2. The summed E-state index contributed by atoms with van der Waals surface area (Å²) in [4.78, 5) is 22.4. The van der Waals surface area contributed by atoms with Crippen LogP contribution in [0.4, 0.5) is 0 Å². The Balaban J connectivity index is 2.66. The van der Waals surface area contributed by atoms with E-state index in [1.807, 2.05) is 6.92 Å². The van der Waals surface area contributed by atoms with Crippen LogP contribution in [0.15, 0.2) is 12.3 Å². The van der Waals surface area contributed by atoms with Crippen LogP contribution in [0.1, 0.15) is 29.9 Å². The minimum atomic E-state index is -1.11. The number of aromatic carboxylic acids is 1. The van der Waals surface area contributed by atoms with Gasteiger partial charge in [-0.3, -0.25) is 4.79 Å². The van der Waals surface area contributed by atoms with Crippen molar-refractivity contribution in [2.45, 2.75) is 25.8 Å². The third-order valence-electron chi connectivity index (χ3n) is 3.59. The van der Waals surface area contributed by atoms with Crippen LogP contribution in [0, 0.1) is 5.92 Å². The molecule has 2 unspecified atom stereocenters. The minimum Gasteiger partial charge on any atom is -0.481 e. The molecule has 1 aliphatic rings. The highest BCUT2D eigenvalue weighted by Crippen LogP contribution is 2.41. The summed E-state index contributed by atoms with van der Waals surface area (Å²) < 4.78 is 1.72. The average Bonchev–Trinajstić information content (AvgIpc) is 2.68. The zero-order valence-corrected chi connectivity index (χ0v) is 9.10. The number of aliphatic carboxylic acids is 1. The molecule has 0 saturated heterocycles. The number of carboxylic acid groups (broad SMARTS) is 2. The predicted molar refractivity (Wildman–Crippen MR) is 55.5 cm³/mol. The Labute approximate surface area is 92.3 Å². The Bertz CT molecular complexity index is 476. The number of nitrogens with zero attached hydrogens (tertiary/aromatic N) is 1. The monoisotopic (exact) mass is 223 g/mol. The Kier molecular flexibility index (Phi) is 2.08. The van der Waals surface area contributed by atoms with Crippen LogP contribution < -0.4 is 0 Å². The van der Waals surface area contributed by atoms with Crippen molar-refractivity contribution in [3.63, 3.8) is 0 Å². The first-order valence-electron chi connectivity index (χ1n) is 5.05. The van der Waals surface area contributed by atoms with E-state index in [4.69, 9.17) is 5.11 Å². The maximum atomic E-state index is 11.4. The van der Waals surface area contributed by atoms with Gasteiger partial charge in [-0.25, -0.2) is 4.79 Å². The highest BCUT2D eigenvalue weighted by molar-refractivity contribution is 5.93. The van der Waals surface area contributed by atoms with Gasteiger partial charge in [0.25, 0.3) is 0 Å². The van der Waals surface area contributed by atoms with Crippen LogP contribution in [0.3, 0.4) is 0 Å². The van der Waals surface area contributed by atoms with Gasteiger partial charge < -0.3 is 14.8 Å². The van der Waals surface area contributed by atoms with E-state index in [0.717, 1.165) is 0 Å². The summed E-state index contributed by atoms with van der Waals surface area (Å²) in [6, 6.07) is 1.46. The van der Waals surface area contributed by atoms with Crippen molar-refractivity contribution in [2.24, 2.45) is 5.92 Å². The van der Waals surface area contributed by atoms with Gasteiger partial charge in [-0.2, -0.15) is 0 Å². The van der Waals surface area contributed by atoms with Crippen molar-refractivity contribution in [3.05, 3.63) is 23.5 Å². The molecule has 16 heavy (non-hydrogen) atoms. The molecule has 0 radical (unpaired) electrons. The fraction of sp³-hybridized carbons (Fsp3) is 0.455. The molecule has 0 aliphatic carbocycles. The lowest BCUT2D eigenvalue weighted by atomic mass is 9.77. The van der Waals surface area contributed by atoms with Gasteiger partial charge in [0.15, 0.2) is 0 Å². The summed E-state index contributed by atoms with van der Waals surface area (Å²) in [7, 11) is 0. The number of carbonyl (C=O) groups is 2. The smallest absolute Gasteiger partial charge is 0.337 e. The number of hydrogen-bond donors (Lipinski definition) is 2. The van der Waals surface area contributed by atoms with Gasteiger partial charge in [-0.1, -0.05) is 6.92 Å². The highest BCUT2D eigenvalue weighted by Gasteiger charge is 2.49. The van der Waals surface area contributed by atoms with Crippen molar-refractivity contribution in [3.8, 4) is 0 Å². The molecule has 2 heterocycles. The van der Waals surface area contributed by atoms with Crippen LogP contribution in [-0.2, 0) is 16.8 Å². The zero-order valence-electron chi connectivity index (χ0n) is 9.10. The fourth-order valence-corrected chi connectivity index (χ4v) is 2.40. The summed E-state index contributed by atoms with van der Waals surface area (Å²) in [6.07, 6.45) is 1.64. The van der Waals surface area contributed by atoms with Crippen LogP contribution in [-0.4, -0.2) is 26.7 Å². The number of hydrogen-bond acceptors (Lipinski definition) is 2. The molecule has 5 nitrogen and oxygen atoms in total. The van der Waals surface area contributed by atoms with Gasteiger partial charge in [0.2, 0.25) is 0 Å². The van der Waals surface area contributed by atoms with Crippen molar-refractivity contribution in [1.29, 1.82) is 0 Å². The summed E-state index contributed by atoms with van der Waals surface area (Å²) in [5, 5.41) is 18.3. The molecule has 1 aromatic heterocycles. The lowest BCUT2D eigenvalue weighted by Gasteiger charge is -2.24. The van der Waals surface area contributed by atoms with Crippen LogP contribution in [0.5, 0.6) is 0 Å². The van der Waals surface area contributed by atoms with Gasteiger partial charge in [0.05, 0.1) is 5.56 Å². The summed E-state index contributed by atoms with van der Waals surface area (Å²) >= 11 is 0. The van der Waals surface area contributed by atoms with E-state index in [0.29, 0.717) is 12.2 Å². The van der Waals surface area contributed by atoms with Crippen LogP contribution in [0.2, 0.25) is 0 Å². The van der Waals surface area contributed by atoms with E-state index in [1.54, 1.807) is 17.7 Å². The molecule has 0 aromatic carbocycles. The lowest BCUT2D eigenvalue weighted by Crippen LogP contribution is -2.36. The average molecular weight is 223 g/mol. The summed E-state index contributed by atoms with van der Waals surface area (Å²) in [5.74, 6) is -2.16. The van der Waals surface area contributed by atoms with Gasteiger partial charge in [-0.05, 0) is 18.9 Å². The second-order valence-corrected chi connectivity index (χ2v) is 4.44. The van der Waals surface area contributed by atoms with Crippen LogP contribution in [0.25, 0.3) is 0 Å². The molecule has 86 valence electrons. The van der Waals surface area contributed by atoms with Crippen molar-refractivity contribution >= 4 is 11.9 Å². The Morgan fingerprint density at radius 3 is 2.62 bits per heavy atom. The van der Waals surface area contributed by atoms with Gasteiger partial charge >= 0.3 is 11.9 Å². The molecule has 5 heteroatoms. The topological polar surface area (TPSA) is 79.5 Å². The number of fused-ring (bicyclic) bond motifs is 1. The first-order valence-corrected chi connectivity index (χ1v) is 5.05. The first kappa shape index (κ1) is 10.7. The SMILES string of the molecule is CC1Cn2ccc(C(=O)O)c2C1(C)C(=O)O. The van der Waals surface area contributed by atoms with E-state index >= 15 is 0 Å². The van der Waals surface area contributed by atoms with E-state index in [2.05, 4.69) is 0 Å². The van der Waals surface area contributed by atoms with E-state index in [-0.39, 0.29) is 11.5 Å². The second kappa shape index (κ2) is 3.10. The summed E-state index contributed by atoms with van der Waals surface area (Å²) in [6.45, 7) is 3.96. The van der Waals surface area contributed by atoms with E-state index < -0.39 is 17.4 Å². The molecule has 0 fully saturated rings. The Hall–Kier alpha value is -1.78. The zero-order chi connectivity index (χ0) is 12.1. The van der Waals surface area contributed by atoms with Crippen molar-refractivity contribution in [1.82, 2.24) is 4.57 Å². The molecule has 1 aromatic rings. The maximum absolute atomic E-state index is 11.4. The molecular weight excluding hydrogens is 210 g/mol. The van der Waals surface area contributed by atoms with Crippen LogP contribution >= 0.6 is 0 Å². The normalized spacial score (nSPS) is 27.8. The minimum absolute atomic E-state index is 0.0919. The quantitative estimate of drug-likeness (QED) is 0.789. The molecule has 2 rings (SSSR count). The predicted octanol–water partition coefficient (Wildman–Crippen LogP) is 1.18. The van der Waals surface area contributed by atoms with Gasteiger partial charge in [0, 0.05) is 18.4 Å². The molecular formula is C11H13NO4. The fourth-order valence-electron chi connectivity index (χ4n) is 2.40. The molecule has 0 spiro atoms. The third-order valence-corrected chi connectivity index (χ3v) is 3.59. The highest BCUT2D eigenvalue weighted by atomic mass is 16.4. The largest absolute Gasteiger partial charge is 0.481 e. The molecule has 2 atom stereocenters. The number of aromatic nitrogens is 1. The molecule has 2 N–H and O–H groups in total. The summed E-state index contributed by atoms with van der Waals surface area (Å²) in [5.41, 5.74) is -0.619. The Morgan fingerprint density at radius 1 is 1.50 bits per heavy atom. The van der Waals surface area contributed by atoms with Crippen molar-refractivity contribution in [2.75, 3.05) is 0 Å². The number of rotatable bonds is 2. The molecule has 0 amide bonds. The van der Waals surface area contributed by atoms with E-state index in [1.165, 1.54) is 6.07 Å². The lowest BCUT2D eigenvalue weighted by molar-refractivity contribution is -0.144. The molecule has 0 bridgehead atoms. The van der Waals surface area contributed by atoms with Gasteiger partial charge in [-0.15, -0.1) is 0 Å². The first-order chi connectivity index (χ1) is 7.39. The third kappa shape index (κ3) is 1.11. The molecule has 0 saturated carbocycles. The standard InChI is InChI=1S/C11H13NO4/c1-6-5-12-4-3-7(9(13)14)8(12)11(6,2)10(15)16/h3-4,6H,5H2,1-2H3,(H,13,14)(H,15,16). The molecule has 1 aliphatic heterocycles.